The highest BCUT2D eigenvalue weighted by atomic mass is 35.5. The summed E-state index contributed by atoms with van der Waals surface area (Å²) in [6.45, 7) is 1.74. The number of aliphatic hydroxyl groups is 1. The number of aliphatic hydroxyl groups excluding tert-OH is 1. The molecule has 0 saturated heterocycles. The second-order valence-corrected chi connectivity index (χ2v) is 4.06. The lowest BCUT2D eigenvalue weighted by atomic mass is 10.2. The van der Waals surface area contributed by atoms with E-state index in [-0.39, 0.29) is 23.6 Å². The van der Waals surface area contributed by atoms with E-state index in [1.54, 1.807) is 19.2 Å². The molecule has 0 bridgehead atoms. The summed E-state index contributed by atoms with van der Waals surface area (Å²) in [4.78, 5) is 7.82. The summed E-state index contributed by atoms with van der Waals surface area (Å²) in [6.07, 6.45) is 3.18. The Morgan fingerprint density at radius 1 is 1.61 bits per heavy atom. The number of rotatable bonds is 3. The average Bonchev–Trinajstić information content (AvgIpc) is 2.82. The molecule has 0 fully saturated rings. The van der Waals surface area contributed by atoms with E-state index in [9.17, 15) is 0 Å². The van der Waals surface area contributed by atoms with Crippen molar-refractivity contribution in [2.75, 3.05) is 6.61 Å². The second-order valence-electron chi connectivity index (χ2n) is 3.73. The largest absolute Gasteiger partial charge is 0.394 e. The molecule has 0 saturated carbocycles. The molecule has 18 heavy (non-hydrogen) atoms. The molecule has 6 nitrogen and oxygen atoms in total. The summed E-state index contributed by atoms with van der Waals surface area (Å²) < 4.78 is 1.53. The van der Waals surface area contributed by atoms with E-state index in [0.29, 0.717) is 11.3 Å². The fourth-order valence-electron chi connectivity index (χ4n) is 1.46. The molecule has 0 aromatic carbocycles. The Morgan fingerprint density at radius 3 is 3.00 bits per heavy atom. The topological polar surface area (TPSA) is 87.6 Å². The Hall–Kier alpha value is -1.97. The zero-order chi connectivity index (χ0) is 13.1. The normalized spacial score (nSPS) is 12.1. The summed E-state index contributed by atoms with van der Waals surface area (Å²) in [5, 5.41) is 22.3. The Labute approximate surface area is 108 Å². The SMILES string of the molecule is CC(CO)n1cc(-c2ccnc(Cl)n2)c(C#N)n1. The first kappa shape index (κ1) is 12.5. The summed E-state index contributed by atoms with van der Waals surface area (Å²) in [5.41, 5.74) is 1.34. The van der Waals surface area contributed by atoms with Gasteiger partial charge in [0.25, 0.3) is 0 Å². The van der Waals surface area contributed by atoms with Crippen LogP contribution in [0.3, 0.4) is 0 Å². The number of aromatic nitrogens is 4. The van der Waals surface area contributed by atoms with Gasteiger partial charge in [0, 0.05) is 12.4 Å². The van der Waals surface area contributed by atoms with Crippen LogP contribution in [0.25, 0.3) is 11.3 Å². The van der Waals surface area contributed by atoms with Gasteiger partial charge in [0.15, 0.2) is 5.69 Å². The number of hydrogen-bond donors (Lipinski definition) is 1. The Balaban J connectivity index is 2.51. The van der Waals surface area contributed by atoms with E-state index in [4.69, 9.17) is 22.0 Å². The first-order chi connectivity index (χ1) is 8.65. The highest BCUT2D eigenvalue weighted by molar-refractivity contribution is 6.28. The van der Waals surface area contributed by atoms with E-state index >= 15 is 0 Å². The van der Waals surface area contributed by atoms with Crippen molar-refractivity contribution in [2.45, 2.75) is 13.0 Å². The van der Waals surface area contributed by atoms with Gasteiger partial charge in [0.1, 0.15) is 6.07 Å². The van der Waals surface area contributed by atoms with Gasteiger partial charge in [0.2, 0.25) is 5.28 Å². The van der Waals surface area contributed by atoms with Crippen molar-refractivity contribution in [3.8, 4) is 17.3 Å². The molecule has 1 N–H and O–H groups in total. The lowest BCUT2D eigenvalue weighted by Gasteiger charge is -2.06. The summed E-state index contributed by atoms with van der Waals surface area (Å²) in [6, 6.07) is 3.44. The zero-order valence-corrected chi connectivity index (χ0v) is 10.3. The molecule has 0 aliphatic heterocycles. The van der Waals surface area contributed by atoms with Crippen LogP contribution >= 0.6 is 11.6 Å². The van der Waals surface area contributed by atoms with Crippen LogP contribution < -0.4 is 0 Å². The van der Waals surface area contributed by atoms with E-state index in [0.717, 1.165) is 0 Å². The van der Waals surface area contributed by atoms with Crippen LogP contribution in [0.15, 0.2) is 18.5 Å². The fourth-order valence-corrected chi connectivity index (χ4v) is 1.60. The molecular formula is C11H10ClN5O. The van der Waals surface area contributed by atoms with Crippen molar-refractivity contribution in [3.63, 3.8) is 0 Å². The summed E-state index contributed by atoms with van der Waals surface area (Å²) in [5.74, 6) is 0. The van der Waals surface area contributed by atoms with Crippen molar-refractivity contribution < 1.29 is 5.11 Å². The van der Waals surface area contributed by atoms with Crippen LogP contribution in [0.1, 0.15) is 18.7 Å². The molecule has 92 valence electrons. The molecule has 2 rings (SSSR count). The molecule has 2 heterocycles. The van der Waals surface area contributed by atoms with Gasteiger partial charge in [-0.2, -0.15) is 10.4 Å². The van der Waals surface area contributed by atoms with Crippen LogP contribution in [-0.2, 0) is 0 Å². The van der Waals surface area contributed by atoms with Crippen molar-refractivity contribution in [3.05, 3.63) is 29.4 Å². The van der Waals surface area contributed by atoms with Crippen LogP contribution in [0.2, 0.25) is 5.28 Å². The molecule has 7 heteroatoms. The van der Waals surface area contributed by atoms with Crippen LogP contribution in [-0.4, -0.2) is 31.5 Å². The maximum absolute atomic E-state index is 9.09. The van der Waals surface area contributed by atoms with Gasteiger partial charge in [0.05, 0.1) is 23.9 Å². The molecule has 1 unspecified atom stereocenters. The molecule has 0 aliphatic carbocycles. The lowest BCUT2D eigenvalue weighted by molar-refractivity contribution is 0.229. The van der Waals surface area contributed by atoms with Gasteiger partial charge in [-0.1, -0.05) is 0 Å². The summed E-state index contributed by atoms with van der Waals surface area (Å²) in [7, 11) is 0. The zero-order valence-electron chi connectivity index (χ0n) is 9.58. The lowest BCUT2D eigenvalue weighted by Crippen LogP contribution is -2.09. The highest BCUT2D eigenvalue weighted by Gasteiger charge is 2.15. The van der Waals surface area contributed by atoms with E-state index in [1.807, 2.05) is 6.07 Å². The predicted octanol–water partition coefficient (Wildman–Crippen LogP) is 1.42. The molecule has 0 aliphatic rings. The van der Waals surface area contributed by atoms with Gasteiger partial charge in [-0.3, -0.25) is 4.68 Å². The quantitative estimate of drug-likeness (QED) is 0.846. The van der Waals surface area contributed by atoms with Crippen molar-refractivity contribution in [1.29, 1.82) is 5.26 Å². The Morgan fingerprint density at radius 2 is 2.39 bits per heavy atom. The van der Waals surface area contributed by atoms with Gasteiger partial charge < -0.3 is 5.11 Å². The number of nitrogens with zero attached hydrogens (tertiary/aromatic N) is 5. The third-order valence-corrected chi connectivity index (χ3v) is 2.64. The van der Waals surface area contributed by atoms with E-state index < -0.39 is 0 Å². The number of halogens is 1. The minimum Gasteiger partial charge on any atom is -0.394 e. The molecule has 2 aromatic rings. The van der Waals surface area contributed by atoms with E-state index in [2.05, 4.69) is 15.1 Å². The van der Waals surface area contributed by atoms with Crippen LogP contribution in [0.4, 0.5) is 0 Å². The molecule has 1 atom stereocenters. The molecule has 0 radical (unpaired) electrons. The minimum absolute atomic E-state index is 0.0590. The maximum Gasteiger partial charge on any atom is 0.222 e. The number of nitriles is 1. The molecule has 2 aromatic heterocycles. The minimum atomic E-state index is -0.205. The van der Waals surface area contributed by atoms with E-state index in [1.165, 1.54) is 10.9 Å². The Kier molecular flexibility index (Phi) is 3.55. The third-order valence-electron chi connectivity index (χ3n) is 2.46. The predicted molar refractivity (Wildman–Crippen MR) is 64.8 cm³/mol. The second kappa shape index (κ2) is 5.12. The van der Waals surface area contributed by atoms with Crippen molar-refractivity contribution in [1.82, 2.24) is 19.7 Å². The van der Waals surface area contributed by atoms with Gasteiger partial charge in [-0.15, -0.1) is 0 Å². The molecular weight excluding hydrogens is 254 g/mol. The smallest absolute Gasteiger partial charge is 0.222 e. The van der Waals surface area contributed by atoms with Gasteiger partial charge in [-0.05, 0) is 24.6 Å². The van der Waals surface area contributed by atoms with Crippen molar-refractivity contribution in [2.24, 2.45) is 0 Å². The molecule has 0 amide bonds. The monoisotopic (exact) mass is 263 g/mol. The first-order valence-corrected chi connectivity index (χ1v) is 5.62. The highest BCUT2D eigenvalue weighted by Crippen LogP contribution is 2.22. The first-order valence-electron chi connectivity index (χ1n) is 5.24. The summed E-state index contributed by atoms with van der Waals surface area (Å²) >= 11 is 5.71. The third kappa shape index (κ3) is 2.32. The van der Waals surface area contributed by atoms with Crippen LogP contribution in [0, 0.1) is 11.3 Å². The fraction of sp³-hybridized carbons (Fsp3) is 0.273. The maximum atomic E-state index is 9.09. The standard InChI is InChI=1S/C11H10ClN5O/c1-7(6-18)17-5-8(10(4-13)16-17)9-2-3-14-11(12)15-9/h2-3,5,7,18H,6H2,1H3. The van der Waals surface area contributed by atoms with Crippen LogP contribution in [0.5, 0.6) is 0 Å². The van der Waals surface area contributed by atoms with Gasteiger partial charge in [-0.25, -0.2) is 9.97 Å². The number of hydrogen-bond acceptors (Lipinski definition) is 5. The average molecular weight is 264 g/mol. The molecule has 0 spiro atoms. The van der Waals surface area contributed by atoms with Crippen molar-refractivity contribution >= 4 is 11.6 Å². The Bertz CT molecular complexity index is 604. The van der Waals surface area contributed by atoms with Gasteiger partial charge >= 0.3 is 0 Å².